The Morgan fingerprint density at radius 3 is 2.88 bits per heavy atom. The molecular weight excluding hydrogens is 339 g/mol. The predicted molar refractivity (Wildman–Crippen MR) is 98.3 cm³/mol. The maximum Gasteiger partial charge on any atom is 0.318 e. The number of nitrogens with zero attached hydrogens (tertiary/aromatic N) is 1. The van der Waals surface area contributed by atoms with Gasteiger partial charge in [-0.3, -0.25) is 0 Å². The molecule has 132 valence electrons. The normalized spacial score (nSPS) is 12.3. The van der Waals surface area contributed by atoms with Gasteiger partial charge in [-0.25, -0.2) is 9.18 Å². The number of thiophene rings is 1. The summed E-state index contributed by atoms with van der Waals surface area (Å²) in [5, 5.41) is 5.72. The fourth-order valence-corrected chi connectivity index (χ4v) is 3.60. The summed E-state index contributed by atoms with van der Waals surface area (Å²) in [4.78, 5) is 15.5. The summed E-state index contributed by atoms with van der Waals surface area (Å²) in [5.41, 5.74) is 1.48. The molecule has 2 heterocycles. The van der Waals surface area contributed by atoms with Gasteiger partial charge in [-0.15, -0.1) is 11.3 Å². The number of carbonyl (C=O) groups excluding carboxylic acids is 1. The minimum atomic E-state index is -0.305. The number of hydrogen-bond donors (Lipinski definition) is 1. The van der Waals surface area contributed by atoms with Crippen molar-refractivity contribution in [1.29, 1.82) is 0 Å². The highest BCUT2D eigenvalue weighted by atomic mass is 32.1. The molecule has 3 rings (SSSR count). The molecule has 0 aliphatic heterocycles. The maximum absolute atomic E-state index is 13.5. The SMILES string of the molecule is CCN(Cc1cccs1)C(=O)NC(C)c1oc2ccc(F)cc2c1C. The number of halogens is 1. The third-order valence-corrected chi connectivity index (χ3v) is 5.13. The largest absolute Gasteiger partial charge is 0.459 e. The van der Waals surface area contributed by atoms with E-state index in [2.05, 4.69) is 5.32 Å². The van der Waals surface area contributed by atoms with Crippen molar-refractivity contribution in [2.24, 2.45) is 0 Å². The molecule has 2 aromatic heterocycles. The Hall–Kier alpha value is -2.34. The fraction of sp³-hybridized carbons (Fsp3) is 0.316. The summed E-state index contributed by atoms with van der Waals surface area (Å²) in [6.07, 6.45) is 0. The van der Waals surface area contributed by atoms with Gasteiger partial charge < -0.3 is 14.6 Å². The van der Waals surface area contributed by atoms with Crippen LogP contribution in [0.2, 0.25) is 0 Å². The number of nitrogens with one attached hydrogen (secondary N) is 1. The maximum atomic E-state index is 13.5. The number of furan rings is 1. The van der Waals surface area contributed by atoms with Crippen LogP contribution in [-0.2, 0) is 6.54 Å². The standard InChI is InChI=1S/C19H21FN2O2S/c1-4-22(11-15-6-5-9-25-15)19(23)21-13(3)18-12(2)16-10-14(20)7-8-17(16)24-18/h5-10,13H,4,11H2,1-3H3,(H,21,23). The van der Waals surface area contributed by atoms with Crippen molar-refractivity contribution in [3.05, 3.63) is 57.7 Å². The topological polar surface area (TPSA) is 45.5 Å². The van der Waals surface area contributed by atoms with Gasteiger partial charge in [0.15, 0.2) is 0 Å². The Balaban J connectivity index is 1.75. The van der Waals surface area contributed by atoms with Crippen LogP contribution in [-0.4, -0.2) is 17.5 Å². The Morgan fingerprint density at radius 1 is 1.40 bits per heavy atom. The summed E-state index contributed by atoms with van der Waals surface area (Å²) < 4.78 is 19.3. The van der Waals surface area contributed by atoms with Crippen molar-refractivity contribution in [3.63, 3.8) is 0 Å². The first-order valence-corrected chi connectivity index (χ1v) is 9.14. The summed E-state index contributed by atoms with van der Waals surface area (Å²) in [5.74, 6) is 0.355. The number of benzene rings is 1. The molecule has 25 heavy (non-hydrogen) atoms. The van der Waals surface area contributed by atoms with Crippen LogP contribution in [0.15, 0.2) is 40.1 Å². The fourth-order valence-electron chi connectivity index (χ4n) is 2.89. The van der Waals surface area contributed by atoms with E-state index in [1.54, 1.807) is 22.3 Å². The average molecular weight is 360 g/mol. The molecule has 0 bridgehead atoms. The van der Waals surface area contributed by atoms with Crippen LogP contribution in [0.3, 0.4) is 0 Å². The molecule has 0 fully saturated rings. The summed E-state index contributed by atoms with van der Waals surface area (Å²) >= 11 is 1.63. The number of amides is 2. The van der Waals surface area contributed by atoms with E-state index in [1.165, 1.54) is 12.1 Å². The Morgan fingerprint density at radius 2 is 2.20 bits per heavy atom. The lowest BCUT2D eigenvalue weighted by molar-refractivity contribution is 0.194. The Bertz CT molecular complexity index is 873. The molecule has 0 aliphatic carbocycles. The number of fused-ring (bicyclic) bond motifs is 1. The van der Waals surface area contributed by atoms with Gasteiger partial charge in [-0.2, -0.15) is 0 Å². The Kier molecular flexibility index (Phi) is 5.08. The second-order valence-corrected chi connectivity index (χ2v) is 7.03. The zero-order valence-electron chi connectivity index (χ0n) is 14.5. The second kappa shape index (κ2) is 7.27. The van der Waals surface area contributed by atoms with E-state index < -0.39 is 0 Å². The summed E-state index contributed by atoms with van der Waals surface area (Å²) in [7, 11) is 0. The van der Waals surface area contributed by atoms with Crippen LogP contribution < -0.4 is 5.32 Å². The van der Waals surface area contributed by atoms with Crippen molar-refractivity contribution < 1.29 is 13.6 Å². The van der Waals surface area contributed by atoms with Gasteiger partial charge in [0, 0.05) is 22.4 Å². The van der Waals surface area contributed by atoms with Gasteiger partial charge in [0.25, 0.3) is 0 Å². The van der Waals surface area contributed by atoms with E-state index >= 15 is 0 Å². The molecule has 1 N–H and O–H groups in total. The number of urea groups is 1. The summed E-state index contributed by atoms with van der Waals surface area (Å²) in [6, 6.07) is 7.99. The van der Waals surface area contributed by atoms with Crippen LogP contribution in [0.1, 0.15) is 36.1 Å². The highest BCUT2D eigenvalue weighted by molar-refractivity contribution is 7.09. The highest BCUT2D eigenvalue weighted by Crippen LogP contribution is 2.30. The van der Waals surface area contributed by atoms with Crippen molar-refractivity contribution in [3.8, 4) is 0 Å². The zero-order valence-corrected chi connectivity index (χ0v) is 15.3. The van der Waals surface area contributed by atoms with Crippen LogP contribution in [0, 0.1) is 12.7 Å². The zero-order chi connectivity index (χ0) is 18.0. The van der Waals surface area contributed by atoms with Crippen LogP contribution in [0.4, 0.5) is 9.18 Å². The molecule has 4 nitrogen and oxygen atoms in total. The van der Waals surface area contributed by atoms with Gasteiger partial charge >= 0.3 is 6.03 Å². The van der Waals surface area contributed by atoms with Gasteiger partial charge in [-0.1, -0.05) is 6.07 Å². The monoisotopic (exact) mass is 360 g/mol. The second-order valence-electron chi connectivity index (χ2n) is 6.00. The van der Waals surface area contributed by atoms with Gasteiger partial charge in [-0.05, 0) is 50.4 Å². The van der Waals surface area contributed by atoms with Crippen LogP contribution in [0.5, 0.6) is 0 Å². The predicted octanol–water partition coefficient (Wildman–Crippen LogP) is 5.23. The van der Waals surface area contributed by atoms with Crippen molar-refractivity contribution in [2.75, 3.05) is 6.54 Å². The number of aryl methyl sites for hydroxylation is 1. The van der Waals surface area contributed by atoms with Crippen molar-refractivity contribution in [2.45, 2.75) is 33.4 Å². The first-order valence-electron chi connectivity index (χ1n) is 8.26. The van der Waals surface area contributed by atoms with Gasteiger partial charge in [0.05, 0.1) is 12.6 Å². The lowest BCUT2D eigenvalue weighted by Crippen LogP contribution is -2.40. The molecule has 1 aromatic carbocycles. The quantitative estimate of drug-likeness (QED) is 0.677. The molecular formula is C19H21FN2O2S. The molecule has 0 spiro atoms. The smallest absolute Gasteiger partial charge is 0.318 e. The van der Waals surface area contributed by atoms with Crippen molar-refractivity contribution >= 4 is 28.3 Å². The molecule has 0 aliphatic rings. The van der Waals surface area contributed by atoms with E-state index in [4.69, 9.17) is 4.42 Å². The highest BCUT2D eigenvalue weighted by Gasteiger charge is 2.21. The van der Waals surface area contributed by atoms with E-state index in [0.717, 1.165) is 15.8 Å². The average Bonchev–Trinajstić information content (AvgIpc) is 3.21. The molecule has 0 radical (unpaired) electrons. The van der Waals surface area contributed by atoms with Gasteiger partial charge in [0.1, 0.15) is 17.2 Å². The Labute approximate surface area is 150 Å². The molecule has 1 atom stereocenters. The lowest BCUT2D eigenvalue weighted by atomic mass is 10.1. The van der Waals surface area contributed by atoms with E-state index in [1.807, 2.05) is 38.3 Å². The van der Waals surface area contributed by atoms with Crippen LogP contribution >= 0.6 is 11.3 Å². The third kappa shape index (κ3) is 3.69. The molecule has 0 saturated carbocycles. The first-order chi connectivity index (χ1) is 12.0. The summed E-state index contributed by atoms with van der Waals surface area (Å²) in [6.45, 7) is 6.90. The molecule has 0 saturated heterocycles. The molecule has 6 heteroatoms. The van der Waals surface area contributed by atoms with E-state index in [-0.39, 0.29) is 17.9 Å². The third-order valence-electron chi connectivity index (χ3n) is 4.26. The van der Waals surface area contributed by atoms with Crippen molar-refractivity contribution in [1.82, 2.24) is 10.2 Å². The molecule has 1 unspecified atom stereocenters. The molecule has 3 aromatic rings. The first kappa shape index (κ1) is 17.5. The molecule has 2 amide bonds. The lowest BCUT2D eigenvalue weighted by Gasteiger charge is -2.23. The number of hydrogen-bond acceptors (Lipinski definition) is 3. The number of carbonyl (C=O) groups is 1. The van der Waals surface area contributed by atoms with Gasteiger partial charge in [0.2, 0.25) is 0 Å². The minimum Gasteiger partial charge on any atom is -0.459 e. The van der Waals surface area contributed by atoms with E-state index in [9.17, 15) is 9.18 Å². The number of rotatable bonds is 5. The minimum absolute atomic E-state index is 0.144. The van der Waals surface area contributed by atoms with E-state index in [0.29, 0.717) is 24.4 Å². The van der Waals surface area contributed by atoms with Crippen LogP contribution in [0.25, 0.3) is 11.0 Å².